The fourth-order valence-electron chi connectivity index (χ4n) is 1.28. The molecule has 0 spiro atoms. The average Bonchev–Trinajstić information content (AvgIpc) is 2.51. The van der Waals surface area contributed by atoms with E-state index in [0.29, 0.717) is 5.92 Å². The van der Waals surface area contributed by atoms with Crippen molar-refractivity contribution in [2.45, 2.75) is 33.6 Å². The third-order valence-electron chi connectivity index (χ3n) is 2.06. The van der Waals surface area contributed by atoms with Crippen LogP contribution in [-0.4, -0.2) is 18.1 Å². The van der Waals surface area contributed by atoms with Crippen LogP contribution in [0.3, 0.4) is 0 Å². The van der Waals surface area contributed by atoms with Gasteiger partial charge < -0.3 is 5.32 Å². The van der Waals surface area contributed by atoms with Crippen LogP contribution in [0.25, 0.3) is 0 Å². The normalized spacial score (nSPS) is 13.5. The van der Waals surface area contributed by atoms with Crippen molar-refractivity contribution in [3.8, 4) is 0 Å². The number of nitrogens with zero attached hydrogens (tertiary/aromatic N) is 1. The molecule has 1 rings (SSSR count). The van der Waals surface area contributed by atoms with Crippen molar-refractivity contribution in [2.24, 2.45) is 5.92 Å². The Bertz CT molecular complexity index is 268. The van der Waals surface area contributed by atoms with Gasteiger partial charge in [-0.1, -0.05) is 20.8 Å². The molecular formula is C11H20N2S. The van der Waals surface area contributed by atoms with Gasteiger partial charge in [0.2, 0.25) is 0 Å². The first-order valence-electron chi connectivity index (χ1n) is 5.22. The summed E-state index contributed by atoms with van der Waals surface area (Å²) in [7, 11) is 0. The summed E-state index contributed by atoms with van der Waals surface area (Å²) in [5, 5.41) is 4.71. The lowest BCUT2D eigenvalue weighted by atomic mass is 10.2. The van der Waals surface area contributed by atoms with Crippen molar-refractivity contribution in [1.82, 2.24) is 10.3 Å². The van der Waals surface area contributed by atoms with Gasteiger partial charge in [0.25, 0.3) is 0 Å². The van der Waals surface area contributed by atoms with Crippen LogP contribution in [0.5, 0.6) is 0 Å². The summed E-state index contributed by atoms with van der Waals surface area (Å²) >= 11 is 1.80. The summed E-state index contributed by atoms with van der Waals surface area (Å²) in [5.41, 5.74) is 0. The molecule has 1 heterocycles. The van der Waals surface area contributed by atoms with Crippen molar-refractivity contribution < 1.29 is 0 Å². The largest absolute Gasteiger partial charge is 0.316 e. The highest BCUT2D eigenvalue weighted by Crippen LogP contribution is 2.20. The van der Waals surface area contributed by atoms with E-state index in [1.54, 1.807) is 11.3 Å². The Morgan fingerprint density at radius 3 is 2.57 bits per heavy atom. The quantitative estimate of drug-likeness (QED) is 0.812. The van der Waals surface area contributed by atoms with E-state index in [4.69, 9.17) is 0 Å². The van der Waals surface area contributed by atoms with Gasteiger partial charge in [0, 0.05) is 23.5 Å². The molecule has 0 radical (unpaired) electrons. The van der Waals surface area contributed by atoms with E-state index in [1.807, 2.05) is 6.20 Å². The first kappa shape index (κ1) is 11.7. The van der Waals surface area contributed by atoms with E-state index in [2.05, 4.69) is 38.0 Å². The number of rotatable bonds is 5. The van der Waals surface area contributed by atoms with Gasteiger partial charge in [0.05, 0.1) is 5.01 Å². The highest BCUT2D eigenvalue weighted by Gasteiger charge is 2.08. The van der Waals surface area contributed by atoms with E-state index in [1.165, 1.54) is 9.88 Å². The fraction of sp³-hybridized carbons (Fsp3) is 0.727. The minimum Gasteiger partial charge on any atom is -0.316 e. The number of hydrogen-bond donors (Lipinski definition) is 1. The van der Waals surface area contributed by atoms with E-state index < -0.39 is 0 Å². The number of aryl methyl sites for hydroxylation is 1. The first-order valence-corrected chi connectivity index (χ1v) is 6.04. The summed E-state index contributed by atoms with van der Waals surface area (Å²) in [6.45, 7) is 10.9. The molecule has 14 heavy (non-hydrogen) atoms. The second-order valence-corrected chi connectivity index (χ2v) is 5.53. The van der Waals surface area contributed by atoms with Crippen LogP contribution in [-0.2, 0) is 0 Å². The zero-order valence-electron chi connectivity index (χ0n) is 9.50. The third kappa shape index (κ3) is 3.76. The molecule has 80 valence electrons. The average molecular weight is 212 g/mol. The Kier molecular flexibility index (Phi) is 4.55. The molecule has 0 aliphatic heterocycles. The third-order valence-corrected chi connectivity index (χ3v) is 3.21. The van der Waals surface area contributed by atoms with Gasteiger partial charge in [-0.25, -0.2) is 4.98 Å². The second-order valence-electron chi connectivity index (χ2n) is 4.26. The molecule has 2 nitrogen and oxygen atoms in total. The molecule has 0 saturated heterocycles. The van der Waals surface area contributed by atoms with Gasteiger partial charge in [-0.15, -0.1) is 11.3 Å². The maximum atomic E-state index is 4.39. The molecule has 1 unspecified atom stereocenters. The van der Waals surface area contributed by atoms with E-state index in [0.717, 1.165) is 19.0 Å². The molecule has 0 fully saturated rings. The Balaban J connectivity index is 2.32. The topological polar surface area (TPSA) is 24.9 Å². The van der Waals surface area contributed by atoms with Gasteiger partial charge in [0.1, 0.15) is 0 Å². The van der Waals surface area contributed by atoms with Gasteiger partial charge in [-0.3, -0.25) is 0 Å². The highest BCUT2D eigenvalue weighted by molar-refractivity contribution is 7.11. The zero-order valence-corrected chi connectivity index (χ0v) is 10.3. The lowest BCUT2D eigenvalue weighted by Gasteiger charge is -2.11. The van der Waals surface area contributed by atoms with Crippen molar-refractivity contribution >= 4 is 11.3 Å². The Hall–Kier alpha value is -0.410. The van der Waals surface area contributed by atoms with Crippen molar-refractivity contribution in [3.63, 3.8) is 0 Å². The Morgan fingerprint density at radius 2 is 2.07 bits per heavy atom. The monoisotopic (exact) mass is 212 g/mol. The van der Waals surface area contributed by atoms with Gasteiger partial charge >= 0.3 is 0 Å². The summed E-state index contributed by atoms with van der Waals surface area (Å²) in [6, 6.07) is 0. The van der Waals surface area contributed by atoms with Crippen LogP contribution in [0.1, 0.15) is 36.6 Å². The second kappa shape index (κ2) is 5.47. The molecule has 1 aromatic heterocycles. The van der Waals surface area contributed by atoms with Crippen LogP contribution in [0.2, 0.25) is 0 Å². The van der Waals surface area contributed by atoms with Gasteiger partial charge in [0.15, 0.2) is 0 Å². The van der Waals surface area contributed by atoms with Crippen LogP contribution in [0, 0.1) is 12.8 Å². The molecule has 0 saturated carbocycles. The smallest absolute Gasteiger partial charge is 0.0968 e. The molecule has 0 amide bonds. The Morgan fingerprint density at radius 1 is 1.36 bits per heavy atom. The first-order chi connectivity index (χ1) is 6.59. The van der Waals surface area contributed by atoms with Gasteiger partial charge in [-0.05, 0) is 19.4 Å². The lowest BCUT2D eigenvalue weighted by molar-refractivity contribution is 0.528. The summed E-state index contributed by atoms with van der Waals surface area (Å²) in [4.78, 5) is 5.69. The fourth-order valence-corrected chi connectivity index (χ4v) is 2.10. The van der Waals surface area contributed by atoms with Crippen molar-refractivity contribution in [3.05, 3.63) is 16.1 Å². The lowest BCUT2D eigenvalue weighted by Crippen LogP contribution is -2.24. The molecule has 1 atom stereocenters. The van der Waals surface area contributed by atoms with E-state index in [9.17, 15) is 0 Å². The molecule has 0 aliphatic rings. The molecular weight excluding hydrogens is 192 g/mol. The number of aromatic nitrogens is 1. The summed E-state index contributed by atoms with van der Waals surface area (Å²) in [5.74, 6) is 1.26. The molecule has 0 aromatic carbocycles. The van der Waals surface area contributed by atoms with Crippen LogP contribution < -0.4 is 5.32 Å². The molecule has 0 aliphatic carbocycles. The molecule has 0 bridgehead atoms. The SMILES string of the molecule is Cc1cnc(C(C)CNCC(C)C)s1. The number of thiazole rings is 1. The maximum absolute atomic E-state index is 4.39. The number of nitrogens with one attached hydrogen (secondary N) is 1. The standard InChI is InChI=1S/C11H20N2S/c1-8(2)5-12-6-9(3)11-13-7-10(4)14-11/h7-9,12H,5-6H2,1-4H3. The molecule has 1 N–H and O–H groups in total. The summed E-state index contributed by atoms with van der Waals surface area (Å²) in [6.07, 6.45) is 1.96. The predicted molar refractivity (Wildman–Crippen MR) is 63.0 cm³/mol. The molecule has 1 aromatic rings. The van der Waals surface area contributed by atoms with Crippen molar-refractivity contribution in [1.29, 1.82) is 0 Å². The van der Waals surface area contributed by atoms with E-state index in [-0.39, 0.29) is 0 Å². The van der Waals surface area contributed by atoms with Gasteiger partial charge in [-0.2, -0.15) is 0 Å². The predicted octanol–water partition coefficient (Wildman–Crippen LogP) is 2.80. The van der Waals surface area contributed by atoms with Crippen LogP contribution >= 0.6 is 11.3 Å². The van der Waals surface area contributed by atoms with Crippen LogP contribution in [0.4, 0.5) is 0 Å². The minimum absolute atomic E-state index is 0.535. The summed E-state index contributed by atoms with van der Waals surface area (Å²) < 4.78 is 0. The van der Waals surface area contributed by atoms with Crippen LogP contribution in [0.15, 0.2) is 6.20 Å². The maximum Gasteiger partial charge on any atom is 0.0968 e. The highest BCUT2D eigenvalue weighted by atomic mass is 32.1. The van der Waals surface area contributed by atoms with Crippen molar-refractivity contribution in [2.75, 3.05) is 13.1 Å². The molecule has 3 heteroatoms. The number of hydrogen-bond acceptors (Lipinski definition) is 3. The Labute approximate surface area is 90.8 Å². The minimum atomic E-state index is 0.535. The van der Waals surface area contributed by atoms with E-state index >= 15 is 0 Å². The zero-order chi connectivity index (χ0) is 10.6.